The number of aliphatic hydroxyl groups excluding tert-OH is 1. The van der Waals surface area contributed by atoms with Crippen molar-refractivity contribution in [2.75, 3.05) is 19.6 Å². The lowest BCUT2D eigenvalue weighted by Crippen LogP contribution is -2.39. The van der Waals surface area contributed by atoms with Crippen molar-refractivity contribution in [3.05, 3.63) is 12.2 Å². The molecule has 124 valence electrons. The lowest BCUT2D eigenvalue weighted by Gasteiger charge is -2.15. The number of aliphatic imine (C=N–C) groups is 1. The highest BCUT2D eigenvalue weighted by atomic mass is 16.3. The molecule has 1 saturated carbocycles. The lowest BCUT2D eigenvalue weighted by molar-refractivity contribution is 0.136. The largest absolute Gasteiger partial charge is 0.393 e. The maximum Gasteiger partial charge on any atom is 0.191 e. The van der Waals surface area contributed by atoms with Crippen molar-refractivity contribution in [3.63, 3.8) is 0 Å². The third-order valence-corrected chi connectivity index (χ3v) is 4.10. The molecule has 0 aromatic carbocycles. The van der Waals surface area contributed by atoms with E-state index in [1.807, 2.05) is 0 Å². The fraction of sp³-hybridized carbons (Fsp3) is 0.800. The smallest absolute Gasteiger partial charge is 0.191 e. The van der Waals surface area contributed by atoms with Crippen molar-refractivity contribution in [1.82, 2.24) is 25.4 Å². The normalized spacial score (nSPS) is 22.0. The predicted octanol–water partition coefficient (Wildman–Crippen LogP) is 0.557. The van der Waals surface area contributed by atoms with Gasteiger partial charge in [0.05, 0.1) is 6.10 Å². The molecular formula is C15H28N6O. The number of nitrogens with one attached hydrogen (secondary N) is 2. The summed E-state index contributed by atoms with van der Waals surface area (Å²) in [6.07, 6.45) is 5.56. The Morgan fingerprint density at radius 3 is 2.95 bits per heavy atom. The third-order valence-electron chi connectivity index (χ3n) is 4.10. The van der Waals surface area contributed by atoms with Gasteiger partial charge in [0.2, 0.25) is 0 Å². The van der Waals surface area contributed by atoms with Gasteiger partial charge in [-0.05, 0) is 19.8 Å². The van der Waals surface area contributed by atoms with Gasteiger partial charge in [-0.2, -0.15) is 0 Å². The van der Waals surface area contributed by atoms with Crippen LogP contribution in [0, 0.1) is 5.92 Å². The Balaban J connectivity index is 1.80. The number of guanidine groups is 1. The Labute approximate surface area is 132 Å². The van der Waals surface area contributed by atoms with Gasteiger partial charge in [0.25, 0.3) is 0 Å². The molecule has 0 saturated heterocycles. The fourth-order valence-corrected chi connectivity index (χ4v) is 2.81. The molecule has 7 nitrogen and oxygen atoms in total. The van der Waals surface area contributed by atoms with Crippen LogP contribution >= 0.6 is 0 Å². The van der Waals surface area contributed by atoms with Crippen LogP contribution in [-0.4, -0.2) is 51.6 Å². The Bertz CT molecular complexity index is 472. The third kappa shape index (κ3) is 4.69. The maximum absolute atomic E-state index is 9.86. The van der Waals surface area contributed by atoms with Gasteiger partial charge in [-0.25, -0.2) is 0 Å². The van der Waals surface area contributed by atoms with Gasteiger partial charge in [-0.3, -0.25) is 4.99 Å². The van der Waals surface area contributed by atoms with Crippen LogP contribution in [0.4, 0.5) is 0 Å². The van der Waals surface area contributed by atoms with Crippen LogP contribution in [0.5, 0.6) is 0 Å². The van der Waals surface area contributed by atoms with Crippen LogP contribution in [0.2, 0.25) is 0 Å². The SMILES string of the molecule is CCNC(=NCC1CCCC1O)NCCn1cnnc1CC. The van der Waals surface area contributed by atoms with E-state index in [4.69, 9.17) is 0 Å². The van der Waals surface area contributed by atoms with Crippen molar-refractivity contribution < 1.29 is 5.11 Å². The molecule has 1 fully saturated rings. The van der Waals surface area contributed by atoms with E-state index in [1.165, 1.54) is 0 Å². The Morgan fingerprint density at radius 2 is 2.27 bits per heavy atom. The van der Waals surface area contributed by atoms with E-state index < -0.39 is 0 Å². The first-order valence-corrected chi connectivity index (χ1v) is 8.31. The zero-order chi connectivity index (χ0) is 15.8. The first-order valence-electron chi connectivity index (χ1n) is 8.31. The standard InChI is InChI=1S/C15H28N6O/c1-3-14-20-19-11-21(14)9-8-17-15(16-4-2)18-10-12-6-5-7-13(12)22/h11-13,22H,3-10H2,1-2H3,(H2,16,17,18). The van der Waals surface area contributed by atoms with Crippen molar-refractivity contribution in [1.29, 1.82) is 0 Å². The molecule has 22 heavy (non-hydrogen) atoms. The molecule has 0 amide bonds. The highest BCUT2D eigenvalue weighted by Gasteiger charge is 2.24. The molecular weight excluding hydrogens is 280 g/mol. The molecule has 0 spiro atoms. The van der Waals surface area contributed by atoms with Gasteiger partial charge >= 0.3 is 0 Å². The van der Waals surface area contributed by atoms with Crippen molar-refractivity contribution in [2.24, 2.45) is 10.9 Å². The van der Waals surface area contributed by atoms with Gasteiger partial charge in [0.15, 0.2) is 5.96 Å². The number of hydrogen-bond donors (Lipinski definition) is 3. The van der Waals surface area contributed by atoms with Crippen LogP contribution in [-0.2, 0) is 13.0 Å². The van der Waals surface area contributed by atoms with E-state index in [0.29, 0.717) is 12.5 Å². The summed E-state index contributed by atoms with van der Waals surface area (Å²) in [5, 5.41) is 24.5. The average Bonchev–Trinajstić information content (AvgIpc) is 3.13. The molecule has 1 aromatic heterocycles. The van der Waals surface area contributed by atoms with Crippen molar-refractivity contribution in [2.45, 2.75) is 52.2 Å². The molecule has 1 heterocycles. The number of hydrogen-bond acceptors (Lipinski definition) is 4. The Morgan fingerprint density at radius 1 is 1.41 bits per heavy atom. The number of aliphatic hydroxyl groups is 1. The highest BCUT2D eigenvalue weighted by molar-refractivity contribution is 5.79. The molecule has 1 aliphatic carbocycles. The second-order valence-electron chi connectivity index (χ2n) is 5.70. The monoisotopic (exact) mass is 308 g/mol. The maximum atomic E-state index is 9.86. The Kier molecular flexibility index (Phi) is 6.64. The molecule has 0 aliphatic heterocycles. The zero-order valence-electron chi connectivity index (χ0n) is 13.6. The van der Waals surface area contributed by atoms with Crippen LogP contribution in [0.25, 0.3) is 0 Å². The van der Waals surface area contributed by atoms with E-state index in [-0.39, 0.29) is 6.10 Å². The minimum Gasteiger partial charge on any atom is -0.393 e. The average molecular weight is 308 g/mol. The fourth-order valence-electron chi connectivity index (χ4n) is 2.81. The van der Waals surface area contributed by atoms with E-state index in [0.717, 1.165) is 57.1 Å². The molecule has 3 N–H and O–H groups in total. The van der Waals surface area contributed by atoms with Gasteiger partial charge in [0.1, 0.15) is 12.2 Å². The summed E-state index contributed by atoms with van der Waals surface area (Å²) in [7, 11) is 0. The van der Waals surface area contributed by atoms with Crippen LogP contribution < -0.4 is 10.6 Å². The summed E-state index contributed by atoms with van der Waals surface area (Å²) in [6.45, 7) is 7.22. The molecule has 1 aromatic rings. The number of nitrogens with zero attached hydrogens (tertiary/aromatic N) is 4. The van der Waals surface area contributed by atoms with Crippen molar-refractivity contribution >= 4 is 5.96 Å². The second kappa shape index (κ2) is 8.73. The molecule has 0 bridgehead atoms. The predicted molar refractivity (Wildman–Crippen MR) is 86.7 cm³/mol. The van der Waals surface area contributed by atoms with Gasteiger partial charge in [-0.1, -0.05) is 13.3 Å². The molecule has 7 heteroatoms. The van der Waals surface area contributed by atoms with E-state index in [2.05, 4.69) is 44.2 Å². The minimum absolute atomic E-state index is 0.184. The summed E-state index contributed by atoms with van der Waals surface area (Å²) in [6, 6.07) is 0. The molecule has 2 atom stereocenters. The number of rotatable bonds is 7. The second-order valence-corrected chi connectivity index (χ2v) is 5.70. The molecule has 0 radical (unpaired) electrons. The quantitative estimate of drug-likeness (QED) is 0.506. The lowest BCUT2D eigenvalue weighted by atomic mass is 10.1. The van der Waals surface area contributed by atoms with E-state index in [1.54, 1.807) is 6.33 Å². The van der Waals surface area contributed by atoms with Gasteiger partial charge < -0.3 is 20.3 Å². The van der Waals surface area contributed by atoms with Gasteiger partial charge in [-0.15, -0.1) is 10.2 Å². The molecule has 2 unspecified atom stereocenters. The Hall–Kier alpha value is -1.63. The minimum atomic E-state index is -0.184. The summed E-state index contributed by atoms with van der Waals surface area (Å²) < 4.78 is 2.05. The number of aryl methyl sites for hydroxylation is 1. The topological polar surface area (TPSA) is 87.4 Å². The first-order chi connectivity index (χ1) is 10.7. The van der Waals surface area contributed by atoms with Gasteiger partial charge in [0, 0.05) is 38.5 Å². The zero-order valence-corrected chi connectivity index (χ0v) is 13.6. The summed E-state index contributed by atoms with van der Waals surface area (Å²) in [4.78, 5) is 4.60. The number of aromatic nitrogens is 3. The molecule has 1 aliphatic rings. The summed E-state index contributed by atoms with van der Waals surface area (Å²) >= 11 is 0. The molecule has 2 rings (SSSR count). The van der Waals surface area contributed by atoms with Crippen LogP contribution in [0.3, 0.4) is 0 Å². The summed E-state index contributed by atoms with van der Waals surface area (Å²) in [5.74, 6) is 2.12. The van der Waals surface area contributed by atoms with Crippen LogP contribution in [0.15, 0.2) is 11.3 Å². The van der Waals surface area contributed by atoms with E-state index >= 15 is 0 Å². The first kappa shape index (κ1) is 16.7. The van der Waals surface area contributed by atoms with E-state index in [9.17, 15) is 5.11 Å². The summed E-state index contributed by atoms with van der Waals surface area (Å²) in [5.41, 5.74) is 0. The van der Waals surface area contributed by atoms with Crippen molar-refractivity contribution in [3.8, 4) is 0 Å². The van der Waals surface area contributed by atoms with Crippen LogP contribution in [0.1, 0.15) is 38.9 Å². The highest BCUT2D eigenvalue weighted by Crippen LogP contribution is 2.25.